The van der Waals surface area contributed by atoms with E-state index >= 15 is 0 Å². The fourth-order valence-electron chi connectivity index (χ4n) is 1.95. The Labute approximate surface area is 144 Å². The van der Waals surface area contributed by atoms with E-state index in [2.05, 4.69) is 15.6 Å². The van der Waals surface area contributed by atoms with Crippen LogP contribution < -0.4 is 15.6 Å². The number of amides is 2. The van der Waals surface area contributed by atoms with Gasteiger partial charge >= 0.3 is 5.97 Å². The van der Waals surface area contributed by atoms with E-state index in [0.29, 0.717) is 5.75 Å². The number of hydrogen-bond acceptors (Lipinski definition) is 5. The first-order chi connectivity index (χ1) is 12.1. The molecule has 2 amide bonds. The molecule has 0 aliphatic rings. The van der Waals surface area contributed by atoms with E-state index in [-0.39, 0.29) is 13.2 Å². The van der Waals surface area contributed by atoms with Crippen molar-refractivity contribution in [3.8, 4) is 5.75 Å². The third-order valence-corrected chi connectivity index (χ3v) is 3.07. The predicted octanol–water partition coefficient (Wildman–Crippen LogP) is 1.49. The van der Waals surface area contributed by atoms with Crippen LogP contribution in [-0.4, -0.2) is 31.0 Å². The van der Waals surface area contributed by atoms with Crippen LogP contribution in [0.15, 0.2) is 54.6 Å². The van der Waals surface area contributed by atoms with E-state index in [1.165, 1.54) is 0 Å². The van der Waals surface area contributed by atoms with E-state index in [4.69, 9.17) is 4.74 Å². The number of hydrogen-bond donors (Lipinski definition) is 2. The minimum Gasteiger partial charge on any atom is -0.484 e. The van der Waals surface area contributed by atoms with Crippen molar-refractivity contribution < 1.29 is 23.9 Å². The molecular weight excluding hydrogens is 324 g/mol. The highest BCUT2D eigenvalue weighted by atomic mass is 16.5. The van der Waals surface area contributed by atoms with E-state index in [1.807, 2.05) is 36.4 Å². The molecule has 0 saturated carbocycles. The Balaban J connectivity index is 1.76. The zero-order valence-electron chi connectivity index (χ0n) is 13.7. The van der Waals surface area contributed by atoms with Gasteiger partial charge in [0.15, 0.2) is 6.61 Å². The molecule has 7 heteroatoms. The Bertz CT molecular complexity index is 801. The lowest BCUT2D eigenvalue weighted by Gasteiger charge is -2.08. The first-order valence-corrected chi connectivity index (χ1v) is 7.63. The molecule has 0 spiro atoms. The molecule has 130 valence electrons. The summed E-state index contributed by atoms with van der Waals surface area (Å²) in [5.41, 5.74) is 4.31. The van der Waals surface area contributed by atoms with Gasteiger partial charge in [0, 0.05) is 12.2 Å². The van der Waals surface area contributed by atoms with E-state index in [1.54, 1.807) is 13.0 Å². The Morgan fingerprint density at radius 1 is 1.00 bits per heavy atom. The molecule has 0 aliphatic heterocycles. The lowest BCUT2D eigenvalue weighted by atomic mass is 10.1. The maximum atomic E-state index is 11.7. The van der Waals surface area contributed by atoms with Gasteiger partial charge in [-0.3, -0.25) is 20.4 Å². The number of carbonyl (C=O) groups excluding carboxylic acids is 3. The SMILES string of the molecule is CCOC(=O)/C=C/C(=O)NNC(=O)COc1ccc2ccccc2c1. The maximum absolute atomic E-state index is 11.7. The van der Waals surface area contributed by atoms with Crippen LogP contribution in [0.5, 0.6) is 5.75 Å². The number of hydrazine groups is 1. The zero-order valence-corrected chi connectivity index (χ0v) is 13.7. The highest BCUT2D eigenvalue weighted by Crippen LogP contribution is 2.20. The molecule has 0 atom stereocenters. The molecule has 0 aromatic heterocycles. The van der Waals surface area contributed by atoms with E-state index < -0.39 is 17.8 Å². The molecule has 0 bridgehead atoms. The van der Waals surface area contributed by atoms with Gasteiger partial charge in [0.25, 0.3) is 11.8 Å². The number of nitrogens with one attached hydrogen (secondary N) is 2. The molecule has 2 N–H and O–H groups in total. The van der Waals surface area contributed by atoms with Crippen LogP contribution in [0.1, 0.15) is 6.92 Å². The molecule has 0 heterocycles. The Hall–Kier alpha value is -3.35. The van der Waals surface area contributed by atoms with Gasteiger partial charge in [-0.25, -0.2) is 4.79 Å². The van der Waals surface area contributed by atoms with Crippen LogP contribution in [0.4, 0.5) is 0 Å². The van der Waals surface area contributed by atoms with Crippen molar-refractivity contribution in [1.82, 2.24) is 10.9 Å². The smallest absolute Gasteiger partial charge is 0.330 e. The fraction of sp³-hybridized carbons (Fsp3) is 0.167. The van der Waals surface area contributed by atoms with Crippen molar-refractivity contribution >= 4 is 28.6 Å². The van der Waals surface area contributed by atoms with Crippen LogP contribution in [0.2, 0.25) is 0 Å². The summed E-state index contributed by atoms with van der Waals surface area (Å²) < 4.78 is 10.0. The van der Waals surface area contributed by atoms with Crippen LogP contribution in [0.3, 0.4) is 0 Å². The minimum absolute atomic E-state index is 0.216. The second-order valence-corrected chi connectivity index (χ2v) is 4.92. The molecule has 2 aromatic rings. The van der Waals surface area contributed by atoms with Gasteiger partial charge in [-0.15, -0.1) is 0 Å². The fourth-order valence-corrected chi connectivity index (χ4v) is 1.95. The number of rotatable bonds is 6. The Morgan fingerprint density at radius 3 is 2.52 bits per heavy atom. The topological polar surface area (TPSA) is 93.7 Å². The van der Waals surface area contributed by atoms with Crippen molar-refractivity contribution in [3.63, 3.8) is 0 Å². The van der Waals surface area contributed by atoms with E-state index in [0.717, 1.165) is 22.9 Å². The van der Waals surface area contributed by atoms with Crippen LogP contribution in [0, 0.1) is 0 Å². The largest absolute Gasteiger partial charge is 0.484 e. The first-order valence-electron chi connectivity index (χ1n) is 7.63. The van der Waals surface area contributed by atoms with Gasteiger partial charge in [-0.1, -0.05) is 30.3 Å². The van der Waals surface area contributed by atoms with Gasteiger partial charge < -0.3 is 9.47 Å². The Kier molecular flexibility index (Phi) is 6.53. The summed E-state index contributed by atoms with van der Waals surface area (Å²) in [7, 11) is 0. The third kappa shape index (κ3) is 5.98. The van der Waals surface area contributed by atoms with Gasteiger partial charge in [0.1, 0.15) is 5.75 Å². The molecule has 0 fully saturated rings. The summed E-state index contributed by atoms with van der Waals surface area (Å²) >= 11 is 0. The molecule has 0 aliphatic carbocycles. The Morgan fingerprint density at radius 2 is 1.76 bits per heavy atom. The molecule has 25 heavy (non-hydrogen) atoms. The average Bonchev–Trinajstić information content (AvgIpc) is 2.63. The van der Waals surface area contributed by atoms with Crippen molar-refractivity contribution in [1.29, 1.82) is 0 Å². The zero-order chi connectivity index (χ0) is 18.1. The summed E-state index contributed by atoms with van der Waals surface area (Å²) in [6.07, 6.45) is 1.93. The summed E-state index contributed by atoms with van der Waals surface area (Å²) in [5, 5.41) is 2.07. The molecule has 0 saturated heterocycles. The summed E-state index contributed by atoms with van der Waals surface area (Å²) in [5.74, 6) is -1.29. The van der Waals surface area contributed by atoms with Crippen molar-refractivity contribution in [2.75, 3.05) is 13.2 Å². The average molecular weight is 342 g/mol. The highest BCUT2D eigenvalue weighted by molar-refractivity contribution is 5.95. The quantitative estimate of drug-likeness (QED) is 0.471. The lowest BCUT2D eigenvalue weighted by molar-refractivity contribution is -0.137. The maximum Gasteiger partial charge on any atom is 0.330 e. The van der Waals surface area contributed by atoms with Crippen molar-refractivity contribution in [3.05, 3.63) is 54.6 Å². The molecule has 7 nitrogen and oxygen atoms in total. The number of ether oxygens (including phenoxy) is 2. The second-order valence-electron chi connectivity index (χ2n) is 4.92. The monoisotopic (exact) mass is 342 g/mol. The standard InChI is InChI=1S/C18H18N2O5/c1-2-24-18(23)10-9-16(21)19-20-17(22)12-25-15-8-7-13-5-3-4-6-14(13)11-15/h3-11H,2,12H2,1H3,(H,19,21)(H,20,22)/b10-9+. The number of benzene rings is 2. The van der Waals surface area contributed by atoms with Crippen molar-refractivity contribution in [2.45, 2.75) is 6.92 Å². The third-order valence-electron chi connectivity index (χ3n) is 3.07. The molecule has 2 aromatic carbocycles. The first kappa shape index (κ1) is 18.0. The van der Waals surface area contributed by atoms with Crippen LogP contribution >= 0.6 is 0 Å². The summed E-state index contributed by atoms with van der Waals surface area (Å²) in [4.78, 5) is 34.1. The molecule has 0 unspecified atom stereocenters. The van der Waals surface area contributed by atoms with Crippen molar-refractivity contribution in [2.24, 2.45) is 0 Å². The summed E-state index contributed by atoms with van der Waals surface area (Å²) in [6.45, 7) is 1.61. The molecule has 0 radical (unpaired) electrons. The molecular formula is C18H18N2O5. The normalized spacial score (nSPS) is 10.4. The van der Waals surface area contributed by atoms with E-state index in [9.17, 15) is 14.4 Å². The predicted molar refractivity (Wildman–Crippen MR) is 91.5 cm³/mol. The number of esters is 1. The number of fused-ring (bicyclic) bond motifs is 1. The van der Waals surface area contributed by atoms with Gasteiger partial charge in [-0.05, 0) is 29.8 Å². The molecule has 2 rings (SSSR count). The summed E-state index contributed by atoms with van der Waals surface area (Å²) in [6, 6.07) is 13.3. The second kappa shape index (κ2) is 9.07. The van der Waals surface area contributed by atoms with Crippen LogP contribution in [-0.2, 0) is 19.1 Å². The van der Waals surface area contributed by atoms with Gasteiger partial charge in [0.2, 0.25) is 0 Å². The van der Waals surface area contributed by atoms with Gasteiger partial charge in [0.05, 0.1) is 6.61 Å². The lowest BCUT2D eigenvalue weighted by Crippen LogP contribution is -2.43. The minimum atomic E-state index is -0.660. The van der Waals surface area contributed by atoms with Gasteiger partial charge in [-0.2, -0.15) is 0 Å². The number of carbonyl (C=O) groups is 3. The van der Waals surface area contributed by atoms with Crippen LogP contribution in [0.25, 0.3) is 10.8 Å². The highest BCUT2D eigenvalue weighted by Gasteiger charge is 2.05.